The Hall–Kier alpha value is -1.66. The normalized spacial score (nSPS) is 25.3. The standard InChI is InChI=1S/C17H25N5O/c1-12-17(13(2)23-19-12)11-21-7-14-4-16(10-21)22(8-14)9-15-5-18-20(3)6-15/h5-6,14,16H,4,7-11H2,1-3H3. The number of likely N-dealkylation sites (tertiary alicyclic amines) is 2. The van der Waals surface area contributed by atoms with Crippen LogP contribution in [0.25, 0.3) is 0 Å². The van der Waals surface area contributed by atoms with Gasteiger partial charge in [0, 0.05) is 63.1 Å². The zero-order valence-corrected chi connectivity index (χ0v) is 14.2. The highest BCUT2D eigenvalue weighted by Gasteiger charge is 2.38. The second kappa shape index (κ2) is 5.76. The lowest BCUT2D eigenvalue weighted by atomic mass is 9.99. The largest absolute Gasteiger partial charge is 0.361 e. The summed E-state index contributed by atoms with van der Waals surface area (Å²) in [6.07, 6.45) is 5.45. The van der Waals surface area contributed by atoms with Gasteiger partial charge in [-0.1, -0.05) is 5.16 Å². The van der Waals surface area contributed by atoms with Crippen molar-refractivity contribution in [2.75, 3.05) is 19.6 Å². The number of fused-ring (bicyclic) bond motifs is 2. The minimum atomic E-state index is 0.662. The van der Waals surface area contributed by atoms with Crippen LogP contribution in [0.4, 0.5) is 0 Å². The summed E-state index contributed by atoms with van der Waals surface area (Å²) < 4.78 is 7.20. The lowest BCUT2D eigenvalue weighted by molar-refractivity contribution is 0.152. The quantitative estimate of drug-likeness (QED) is 0.860. The Labute approximate surface area is 137 Å². The minimum Gasteiger partial charge on any atom is -0.361 e. The van der Waals surface area contributed by atoms with Crippen molar-refractivity contribution < 1.29 is 4.52 Å². The van der Waals surface area contributed by atoms with Gasteiger partial charge in [0.15, 0.2) is 0 Å². The highest BCUT2D eigenvalue weighted by Crippen LogP contribution is 2.32. The van der Waals surface area contributed by atoms with Crippen LogP contribution in [-0.2, 0) is 20.1 Å². The van der Waals surface area contributed by atoms with E-state index in [9.17, 15) is 0 Å². The van der Waals surface area contributed by atoms with Crippen LogP contribution in [-0.4, -0.2) is 50.4 Å². The number of nitrogens with zero attached hydrogens (tertiary/aromatic N) is 5. The van der Waals surface area contributed by atoms with Crippen molar-refractivity contribution in [3.63, 3.8) is 0 Å². The first-order valence-electron chi connectivity index (χ1n) is 8.44. The summed E-state index contributed by atoms with van der Waals surface area (Å²) in [4.78, 5) is 5.21. The van der Waals surface area contributed by atoms with Crippen molar-refractivity contribution in [1.82, 2.24) is 24.7 Å². The van der Waals surface area contributed by atoms with Gasteiger partial charge < -0.3 is 4.52 Å². The number of hydrogen-bond acceptors (Lipinski definition) is 5. The zero-order chi connectivity index (χ0) is 16.0. The molecule has 0 aromatic carbocycles. The topological polar surface area (TPSA) is 50.3 Å². The summed E-state index contributed by atoms with van der Waals surface area (Å²) >= 11 is 0. The van der Waals surface area contributed by atoms with Gasteiger partial charge in [0.25, 0.3) is 0 Å². The van der Waals surface area contributed by atoms with E-state index in [2.05, 4.69) is 26.3 Å². The van der Waals surface area contributed by atoms with E-state index in [1.807, 2.05) is 31.8 Å². The van der Waals surface area contributed by atoms with E-state index < -0.39 is 0 Å². The van der Waals surface area contributed by atoms with E-state index in [1.54, 1.807) is 0 Å². The van der Waals surface area contributed by atoms with Gasteiger partial charge >= 0.3 is 0 Å². The third kappa shape index (κ3) is 2.93. The van der Waals surface area contributed by atoms with Crippen molar-refractivity contribution in [2.45, 2.75) is 39.4 Å². The van der Waals surface area contributed by atoms with E-state index in [0.717, 1.165) is 37.0 Å². The summed E-state index contributed by atoms with van der Waals surface area (Å²) in [5.41, 5.74) is 3.62. The molecule has 2 saturated heterocycles. The van der Waals surface area contributed by atoms with E-state index in [-0.39, 0.29) is 0 Å². The first-order chi connectivity index (χ1) is 11.1. The van der Waals surface area contributed by atoms with Gasteiger partial charge in [-0.2, -0.15) is 5.10 Å². The smallest absolute Gasteiger partial charge is 0.138 e. The van der Waals surface area contributed by atoms with Gasteiger partial charge in [-0.05, 0) is 26.2 Å². The van der Waals surface area contributed by atoms with Crippen molar-refractivity contribution in [3.8, 4) is 0 Å². The van der Waals surface area contributed by atoms with E-state index in [1.165, 1.54) is 30.6 Å². The highest BCUT2D eigenvalue weighted by atomic mass is 16.5. The maximum absolute atomic E-state index is 5.31. The number of piperidine rings is 1. The third-order valence-electron chi connectivity index (χ3n) is 5.31. The SMILES string of the molecule is Cc1noc(C)c1CN1CC2CC(C1)N(Cc1cnn(C)c1)C2. The zero-order valence-electron chi connectivity index (χ0n) is 14.2. The molecular formula is C17H25N5O. The highest BCUT2D eigenvalue weighted by molar-refractivity contribution is 5.20. The number of aryl methyl sites for hydroxylation is 3. The number of rotatable bonds is 4. The van der Waals surface area contributed by atoms with Gasteiger partial charge in [-0.25, -0.2) is 0 Å². The Balaban J connectivity index is 1.42. The lowest BCUT2D eigenvalue weighted by Gasteiger charge is -2.32. The Morgan fingerprint density at radius 1 is 1.22 bits per heavy atom. The van der Waals surface area contributed by atoms with Crippen molar-refractivity contribution in [3.05, 3.63) is 35.0 Å². The summed E-state index contributed by atoms with van der Waals surface area (Å²) in [7, 11) is 1.98. The first kappa shape index (κ1) is 14.9. The van der Waals surface area contributed by atoms with Gasteiger partial charge in [0.1, 0.15) is 5.76 Å². The molecule has 2 atom stereocenters. The van der Waals surface area contributed by atoms with Crippen LogP contribution in [0.3, 0.4) is 0 Å². The number of hydrogen-bond donors (Lipinski definition) is 0. The summed E-state index contributed by atoms with van der Waals surface area (Å²) in [6.45, 7) is 9.58. The Morgan fingerprint density at radius 2 is 2.09 bits per heavy atom. The van der Waals surface area contributed by atoms with Gasteiger partial charge in [0.05, 0.1) is 11.9 Å². The maximum atomic E-state index is 5.31. The maximum Gasteiger partial charge on any atom is 0.138 e. The molecular weight excluding hydrogens is 290 g/mol. The number of aromatic nitrogens is 3. The van der Waals surface area contributed by atoms with Crippen LogP contribution in [0.2, 0.25) is 0 Å². The molecule has 2 aromatic rings. The fourth-order valence-corrected chi connectivity index (χ4v) is 4.21. The lowest BCUT2D eigenvalue weighted by Crippen LogP contribution is -2.41. The third-order valence-corrected chi connectivity index (χ3v) is 5.31. The van der Waals surface area contributed by atoms with E-state index >= 15 is 0 Å². The monoisotopic (exact) mass is 315 g/mol. The summed E-state index contributed by atoms with van der Waals surface area (Å²) in [6, 6.07) is 0.662. The second-order valence-electron chi connectivity index (χ2n) is 7.20. The minimum absolute atomic E-state index is 0.662. The molecule has 2 bridgehead atoms. The van der Waals surface area contributed by atoms with Crippen LogP contribution in [0.1, 0.15) is 29.0 Å². The molecule has 23 heavy (non-hydrogen) atoms. The fraction of sp³-hybridized carbons (Fsp3) is 0.647. The van der Waals surface area contributed by atoms with Gasteiger partial charge in [0.2, 0.25) is 0 Å². The summed E-state index contributed by atoms with van der Waals surface area (Å²) in [5.74, 6) is 1.75. The molecule has 6 heteroatoms. The molecule has 4 heterocycles. The van der Waals surface area contributed by atoms with Crippen LogP contribution in [0, 0.1) is 19.8 Å². The molecule has 0 N–H and O–H groups in total. The summed E-state index contributed by atoms with van der Waals surface area (Å²) in [5, 5.41) is 8.38. The molecule has 2 unspecified atom stereocenters. The van der Waals surface area contributed by atoms with Crippen molar-refractivity contribution in [2.24, 2.45) is 13.0 Å². The molecule has 2 aliphatic rings. The molecule has 0 aliphatic carbocycles. The Morgan fingerprint density at radius 3 is 2.78 bits per heavy atom. The fourth-order valence-electron chi connectivity index (χ4n) is 4.21. The van der Waals surface area contributed by atoms with E-state index in [0.29, 0.717) is 6.04 Å². The second-order valence-corrected chi connectivity index (χ2v) is 7.20. The van der Waals surface area contributed by atoms with Gasteiger partial charge in [-0.3, -0.25) is 14.5 Å². The van der Waals surface area contributed by atoms with Crippen LogP contribution >= 0.6 is 0 Å². The molecule has 2 aromatic heterocycles. The van der Waals surface area contributed by atoms with Crippen molar-refractivity contribution in [1.29, 1.82) is 0 Å². The molecule has 124 valence electrons. The Kier molecular flexibility index (Phi) is 3.73. The molecule has 0 saturated carbocycles. The van der Waals surface area contributed by atoms with Crippen molar-refractivity contribution >= 4 is 0 Å². The molecule has 0 spiro atoms. The van der Waals surface area contributed by atoms with E-state index in [4.69, 9.17) is 4.52 Å². The van der Waals surface area contributed by atoms with Crippen LogP contribution < -0.4 is 0 Å². The predicted octanol–water partition coefficient (Wildman–Crippen LogP) is 1.73. The Bertz CT molecular complexity index is 671. The van der Waals surface area contributed by atoms with Crippen LogP contribution in [0.15, 0.2) is 16.9 Å². The first-order valence-corrected chi connectivity index (χ1v) is 8.44. The molecule has 0 radical (unpaired) electrons. The average molecular weight is 315 g/mol. The van der Waals surface area contributed by atoms with Gasteiger partial charge in [-0.15, -0.1) is 0 Å². The molecule has 4 rings (SSSR count). The predicted molar refractivity (Wildman–Crippen MR) is 86.8 cm³/mol. The average Bonchev–Trinajstić information content (AvgIpc) is 3.14. The molecule has 2 fully saturated rings. The molecule has 6 nitrogen and oxygen atoms in total. The van der Waals surface area contributed by atoms with Crippen LogP contribution in [0.5, 0.6) is 0 Å². The molecule has 2 aliphatic heterocycles. The molecule has 0 amide bonds.